The third kappa shape index (κ3) is 3.16. The zero-order valence-electron chi connectivity index (χ0n) is 14.5. The summed E-state index contributed by atoms with van der Waals surface area (Å²) in [6.07, 6.45) is 2.62. The van der Waals surface area contributed by atoms with Crippen LogP contribution in [0.15, 0.2) is 24.3 Å². The van der Waals surface area contributed by atoms with Crippen molar-refractivity contribution in [3.05, 3.63) is 35.6 Å². The number of hydrogen-bond donors (Lipinski definition) is 0. The summed E-state index contributed by atoms with van der Waals surface area (Å²) in [5.74, 6) is -1.84. The highest BCUT2D eigenvalue weighted by molar-refractivity contribution is 5.77. The SMILES string of the molecule is CCC1(CC)CC(c2ccc(F)cc2)(C(C#N)C(=O)OC)CCO1. The van der Waals surface area contributed by atoms with E-state index in [1.165, 1.54) is 19.2 Å². The third-order valence-corrected chi connectivity index (χ3v) is 5.42. The summed E-state index contributed by atoms with van der Waals surface area (Å²) in [4.78, 5) is 12.3. The molecule has 2 rings (SSSR count). The second-order valence-corrected chi connectivity index (χ2v) is 6.41. The van der Waals surface area contributed by atoms with E-state index >= 15 is 0 Å². The molecule has 0 N–H and O–H groups in total. The molecule has 0 bridgehead atoms. The number of nitriles is 1. The number of carbonyl (C=O) groups excluding carboxylic acids is 1. The van der Waals surface area contributed by atoms with E-state index in [0.717, 1.165) is 18.4 Å². The molecule has 24 heavy (non-hydrogen) atoms. The number of carbonyl (C=O) groups is 1. The van der Waals surface area contributed by atoms with Crippen LogP contribution in [-0.2, 0) is 19.7 Å². The number of methoxy groups -OCH3 is 1. The van der Waals surface area contributed by atoms with E-state index in [0.29, 0.717) is 19.4 Å². The van der Waals surface area contributed by atoms with E-state index in [-0.39, 0.29) is 5.82 Å². The summed E-state index contributed by atoms with van der Waals surface area (Å²) >= 11 is 0. The maximum absolute atomic E-state index is 13.4. The molecule has 5 heteroatoms. The Balaban J connectivity index is 2.59. The van der Waals surface area contributed by atoms with Gasteiger partial charge in [0.15, 0.2) is 5.92 Å². The van der Waals surface area contributed by atoms with Gasteiger partial charge < -0.3 is 9.47 Å². The smallest absolute Gasteiger partial charge is 0.323 e. The Kier molecular flexibility index (Phi) is 5.61. The lowest BCUT2D eigenvalue weighted by Gasteiger charge is -2.49. The number of nitrogens with zero attached hydrogens (tertiary/aromatic N) is 1. The number of halogens is 1. The second-order valence-electron chi connectivity index (χ2n) is 6.41. The van der Waals surface area contributed by atoms with E-state index in [2.05, 4.69) is 6.07 Å². The summed E-state index contributed by atoms with van der Waals surface area (Å²) in [6.45, 7) is 4.54. The summed E-state index contributed by atoms with van der Waals surface area (Å²) in [7, 11) is 1.29. The number of ether oxygens (including phenoxy) is 2. The molecule has 1 aliphatic heterocycles. The van der Waals surface area contributed by atoms with Crippen LogP contribution in [0.2, 0.25) is 0 Å². The molecular formula is C19H24FNO3. The predicted octanol–water partition coefficient (Wildman–Crippen LogP) is 3.75. The van der Waals surface area contributed by atoms with Crippen molar-refractivity contribution in [2.45, 2.75) is 50.5 Å². The van der Waals surface area contributed by atoms with Gasteiger partial charge in [0.1, 0.15) is 5.82 Å². The number of hydrogen-bond acceptors (Lipinski definition) is 4. The van der Waals surface area contributed by atoms with Gasteiger partial charge in [-0.1, -0.05) is 26.0 Å². The van der Waals surface area contributed by atoms with Crippen molar-refractivity contribution in [1.29, 1.82) is 5.26 Å². The summed E-state index contributed by atoms with van der Waals surface area (Å²) in [5, 5.41) is 9.71. The third-order valence-electron chi connectivity index (χ3n) is 5.42. The van der Waals surface area contributed by atoms with Gasteiger partial charge in [0.25, 0.3) is 0 Å². The first-order valence-corrected chi connectivity index (χ1v) is 8.34. The van der Waals surface area contributed by atoms with Crippen LogP contribution in [-0.4, -0.2) is 25.3 Å². The van der Waals surface area contributed by atoms with Crippen LogP contribution in [0.1, 0.15) is 45.1 Å². The maximum atomic E-state index is 13.4. The van der Waals surface area contributed by atoms with Crippen LogP contribution in [0.25, 0.3) is 0 Å². The molecule has 1 aromatic rings. The largest absolute Gasteiger partial charge is 0.468 e. The van der Waals surface area contributed by atoms with Crippen molar-refractivity contribution in [3.8, 4) is 6.07 Å². The first-order valence-electron chi connectivity index (χ1n) is 8.34. The fourth-order valence-corrected chi connectivity index (χ4v) is 3.83. The molecular weight excluding hydrogens is 309 g/mol. The van der Waals surface area contributed by atoms with Crippen LogP contribution in [0, 0.1) is 23.1 Å². The van der Waals surface area contributed by atoms with Crippen molar-refractivity contribution in [3.63, 3.8) is 0 Å². The van der Waals surface area contributed by atoms with Crippen molar-refractivity contribution in [2.24, 2.45) is 5.92 Å². The first kappa shape index (κ1) is 18.4. The topological polar surface area (TPSA) is 59.3 Å². The highest BCUT2D eigenvalue weighted by Gasteiger charge is 2.52. The Labute approximate surface area is 142 Å². The van der Waals surface area contributed by atoms with E-state index in [1.807, 2.05) is 13.8 Å². The molecule has 1 heterocycles. The van der Waals surface area contributed by atoms with E-state index in [9.17, 15) is 14.4 Å². The summed E-state index contributed by atoms with van der Waals surface area (Å²) in [5.41, 5.74) is -0.342. The summed E-state index contributed by atoms with van der Waals surface area (Å²) in [6, 6.07) is 8.23. The Bertz CT molecular complexity index is 618. The van der Waals surface area contributed by atoms with Gasteiger partial charge in [-0.25, -0.2) is 4.39 Å². The normalized spacial score (nSPS) is 24.0. The lowest BCUT2D eigenvalue weighted by atomic mass is 9.61. The maximum Gasteiger partial charge on any atom is 0.323 e. The Hall–Kier alpha value is -1.93. The Morgan fingerprint density at radius 3 is 2.50 bits per heavy atom. The second kappa shape index (κ2) is 7.31. The average Bonchev–Trinajstić information content (AvgIpc) is 2.62. The highest BCUT2D eigenvalue weighted by Crippen LogP contribution is 2.49. The van der Waals surface area contributed by atoms with Crippen molar-refractivity contribution in [2.75, 3.05) is 13.7 Å². The van der Waals surface area contributed by atoms with Crippen molar-refractivity contribution >= 4 is 5.97 Å². The number of rotatable bonds is 5. The predicted molar refractivity (Wildman–Crippen MR) is 87.7 cm³/mol. The molecule has 0 aliphatic carbocycles. The zero-order chi connectivity index (χ0) is 17.8. The highest BCUT2D eigenvalue weighted by atomic mass is 19.1. The Morgan fingerprint density at radius 2 is 2.00 bits per heavy atom. The molecule has 2 unspecified atom stereocenters. The van der Waals surface area contributed by atoms with Crippen LogP contribution in [0.4, 0.5) is 4.39 Å². The number of esters is 1. The average molecular weight is 333 g/mol. The van der Waals surface area contributed by atoms with Crippen LogP contribution in [0.3, 0.4) is 0 Å². The standard InChI is InChI=1S/C19H24FNO3/c1-4-18(5-2)13-19(10-11-24-18,16(12-21)17(22)23-3)14-6-8-15(20)9-7-14/h6-9,16H,4-5,10-11,13H2,1-3H3. The fraction of sp³-hybridized carbons (Fsp3) is 0.579. The quantitative estimate of drug-likeness (QED) is 0.770. The monoisotopic (exact) mass is 333 g/mol. The van der Waals surface area contributed by atoms with Gasteiger partial charge in [-0.15, -0.1) is 0 Å². The van der Waals surface area contributed by atoms with Crippen LogP contribution < -0.4 is 0 Å². The van der Waals surface area contributed by atoms with Gasteiger partial charge in [-0.3, -0.25) is 4.79 Å². The summed E-state index contributed by atoms with van der Waals surface area (Å²) < 4.78 is 24.3. The van der Waals surface area contributed by atoms with Gasteiger partial charge >= 0.3 is 5.97 Å². The van der Waals surface area contributed by atoms with E-state index < -0.39 is 22.9 Å². The molecule has 2 atom stereocenters. The first-order chi connectivity index (χ1) is 11.5. The van der Waals surface area contributed by atoms with Crippen molar-refractivity contribution in [1.82, 2.24) is 0 Å². The lowest BCUT2D eigenvalue weighted by molar-refractivity contribution is -0.154. The minimum atomic E-state index is -0.950. The molecule has 0 saturated carbocycles. The number of benzene rings is 1. The molecule has 4 nitrogen and oxygen atoms in total. The van der Waals surface area contributed by atoms with Crippen LogP contribution in [0.5, 0.6) is 0 Å². The molecule has 130 valence electrons. The van der Waals surface area contributed by atoms with Gasteiger partial charge in [-0.05, 0) is 43.4 Å². The van der Waals surface area contributed by atoms with Gasteiger partial charge in [0.05, 0.1) is 18.8 Å². The minimum absolute atomic E-state index is 0.343. The van der Waals surface area contributed by atoms with Crippen molar-refractivity contribution < 1.29 is 18.7 Å². The van der Waals surface area contributed by atoms with Crippen LogP contribution >= 0.6 is 0 Å². The molecule has 1 saturated heterocycles. The molecule has 0 amide bonds. The molecule has 0 radical (unpaired) electrons. The molecule has 0 spiro atoms. The van der Waals surface area contributed by atoms with Gasteiger partial charge in [0, 0.05) is 12.0 Å². The van der Waals surface area contributed by atoms with Gasteiger partial charge in [0.2, 0.25) is 0 Å². The molecule has 1 fully saturated rings. The molecule has 1 aromatic carbocycles. The minimum Gasteiger partial charge on any atom is -0.468 e. The Morgan fingerprint density at radius 1 is 1.38 bits per heavy atom. The van der Waals surface area contributed by atoms with E-state index in [4.69, 9.17) is 9.47 Å². The lowest BCUT2D eigenvalue weighted by Crippen LogP contribution is -2.52. The molecule has 1 aliphatic rings. The molecule has 0 aromatic heterocycles. The zero-order valence-corrected chi connectivity index (χ0v) is 14.5. The van der Waals surface area contributed by atoms with Gasteiger partial charge in [-0.2, -0.15) is 5.26 Å². The fourth-order valence-electron chi connectivity index (χ4n) is 3.83. The van der Waals surface area contributed by atoms with E-state index in [1.54, 1.807) is 12.1 Å².